The second-order valence-electron chi connectivity index (χ2n) is 2.97. The van der Waals surface area contributed by atoms with Gasteiger partial charge < -0.3 is 0 Å². The van der Waals surface area contributed by atoms with Gasteiger partial charge >= 0.3 is 0 Å². The number of rotatable bonds is 3. The zero-order valence-electron chi connectivity index (χ0n) is 7.53. The maximum atomic E-state index is 4.85. The van der Waals surface area contributed by atoms with Gasteiger partial charge in [-0.1, -0.05) is 6.07 Å². The van der Waals surface area contributed by atoms with Gasteiger partial charge in [0.25, 0.3) is 0 Å². The summed E-state index contributed by atoms with van der Waals surface area (Å²) in [7, 11) is 0. The Morgan fingerprint density at radius 1 is 1.29 bits per heavy atom. The fraction of sp³-hybridized carbons (Fsp3) is 0.222. The Morgan fingerprint density at radius 2 is 2.21 bits per heavy atom. The van der Waals surface area contributed by atoms with E-state index in [1.807, 2.05) is 18.3 Å². The van der Waals surface area contributed by atoms with Crippen molar-refractivity contribution in [1.82, 2.24) is 20.2 Å². The van der Waals surface area contributed by atoms with Crippen LogP contribution in [0.4, 0.5) is 0 Å². The molecular formula is C9H10N4S. The van der Waals surface area contributed by atoms with Gasteiger partial charge in [0.1, 0.15) is 5.82 Å². The third kappa shape index (κ3) is 2.26. The second-order valence-corrected chi connectivity index (χ2v) is 3.36. The van der Waals surface area contributed by atoms with E-state index in [1.165, 1.54) is 5.56 Å². The van der Waals surface area contributed by atoms with Crippen molar-refractivity contribution < 1.29 is 0 Å². The molecule has 0 aromatic carbocycles. The van der Waals surface area contributed by atoms with E-state index in [4.69, 9.17) is 12.2 Å². The van der Waals surface area contributed by atoms with Crippen LogP contribution in [0.15, 0.2) is 24.5 Å². The first-order chi connectivity index (χ1) is 6.84. The Balaban J connectivity index is 1.98. The third-order valence-electron chi connectivity index (χ3n) is 1.92. The largest absolute Gasteiger partial charge is 0.286 e. The number of nitrogens with one attached hydrogen (secondary N) is 2. The van der Waals surface area contributed by atoms with Crippen molar-refractivity contribution in [3.63, 3.8) is 0 Å². The van der Waals surface area contributed by atoms with E-state index in [2.05, 4.69) is 20.2 Å². The molecule has 0 atom stereocenters. The van der Waals surface area contributed by atoms with Gasteiger partial charge in [-0.25, -0.2) is 4.98 Å². The molecule has 72 valence electrons. The molecule has 0 radical (unpaired) electrons. The quantitative estimate of drug-likeness (QED) is 0.751. The highest BCUT2D eigenvalue weighted by Crippen LogP contribution is 2.01. The van der Waals surface area contributed by atoms with Crippen molar-refractivity contribution in [3.8, 4) is 0 Å². The molecule has 2 rings (SSSR count). The van der Waals surface area contributed by atoms with Crippen LogP contribution in [0.1, 0.15) is 11.4 Å². The zero-order chi connectivity index (χ0) is 9.80. The molecule has 0 aliphatic rings. The van der Waals surface area contributed by atoms with Crippen LogP contribution >= 0.6 is 12.2 Å². The first-order valence-corrected chi connectivity index (χ1v) is 4.78. The summed E-state index contributed by atoms with van der Waals surface area (Å²) in [5.41, 5.74) is 1.20. The topological polar surface area (TPSA) is 57.4 Å². The summed E-state index contributed by atoms with van der Waals surface area (Å²) in [6.45, 7) is 0. The maximum absolute atomic E-state index is 4.85. The maximum Gasteiger partial charge on any atom is 0.213 e. The normalized spacial score (nSPS) is 10.3. The highest BCUT2D eigenvalue weighted by molar-refractivity contribution is 7.71. The Labute approximate surface area is 86.4 Å². The van der Waals surface area contributed by atoms with Crippen molar-refractivity contribution in [2.45, 2.75) is 12.8 Å². The summed E-state index contributed by atoms with van der Waals surface area (Å²) >= 11 is 4.85. The number of hydrogen-bond donors (Lipinski definition) is 2. The molecule has 0 aliphatic heterocycles. The smallest absolute Gasteiger partial charge is 0.213 e. The minimum atomic E-state index is 0.506. The van der Waals surface area contributed by atoms with Crippen molar-refractivity contribution in [3.05, 3.63) is 40.7 Å². The molecule has 0 fully saturated rings. The summed E-state index contributed by atoms with van der Waals surface area (Å²) < 4.78 is 0.506. The zero-order valence-corrected chi connectivity index (χ0v) is 8.34. The monoisotopic (exact) mass is 206 g/mol. The Morgan fingerprint density at radius 3 is 2.86 bits per heavy atom. The number of hydrogen-bond acceptors (Lipinski definition) is 3. The fourth-order valence-corrected chi connectivity index (χ4v) is 1.39. The summed E-state index contributed by atoms with van der Waals surface area (Å²) in [4.78, 5) is 8.15. The average molecular weight is 206 g/mol. The predicted octanol–water partition coefficient (Wildman–Crippen LogP) is 1.65. The van der Waals surface area contributed by atoms with Crippen molar-refractivity contribution in [2.75, 3.05) is 0 Å². The van der Waals surface area contributed by atoms with Crippen LogP contribution in [0, 0.1) is 4.77 Å². The highest BCUT2D eigenvalue weighted by Gasteiger charge is 1.97. The number of aromatic nitrogens is 4. The molecule has 2 aromatic rings. The number of pyridine rings is 1. The fourth-order valence-electron chi connectivity index (χ4n) is 1.23. The van der Waals surface area contributed by atoms with Crippen LogP contribution in [-0.2, 0) is 12.8 Å². The average Bonchev–Trinajstić information content (AvgIpc) is 2.63. The van der Waals surface area contributed by atoms with Gasteiger partial charge in [-0.15, -0.1) is 0 Å². The Kier molecular flexibility index (Phi) is 2.69. The van der Waals surface area contributed by atoms with E-state index < -0.39 is 0 Å². The van der Waals surface area contributed by atoms with E-state index in [9.17, 15) is 0 Å². The standard InChI is InChI=1S/C9H10N4S/c14-9-11-8(12-13-9)4-3-7-2-1-5-10-6-7/h1-2,5-6H,3-4H2,(H2,11,12,13,14). The first kappa shape index (κ1) is 9.08. The van der Waals surface area contributed by atoms with Crippen LogP contribution in [0.2, 0.25) is 0 Å². The van der Waals surface area contributed by atoms with Crippen molar-refractivity contribution in [2.24, 2.45) is 0 Å². The van der Waals surface area contributed by atoms with Gasteiger partial charge in [-0.2, -0.15) is 0 Å². The molecule has 2 N–H and O–H groups in total. The van der Waals surface area contributed by atoms with Gasteiger partial charge in [0, 0.05) is 18.8 Å². The van der Waals surface area contributed by atoms with Crippen LogP contribution < -0.4 is 0 Å². The van der Waals surface area contributed by atoms with E-state index in [1.54, 1.807) is 6.20 Å². The summed E-state index contributed by atoms with van der Waals surface area (Å²) in [6.07, 6.45) is 5.40. The number of aromatic amines is 2. The summed E-state index contributed by atoms with van der Waals surface area (Å²) in [5, 5.41) is 5.68. The lowest BCUT2D eigenvalue weighted by Crippen LogP contribution is -1.93. The number of H-pyrrole nitrogens is 2. The SMILES string of the molecule is S=c1nc(CCc2cccnc2)[nH][nH]1. The van der Waals surface area contributed by atoms with Crippen LogP contribution in [-0.4, -0.2) is 20.2 Å². The van der Waals surface area contributed by atoms with Crippen LogP contribution in [0.3, 0.4) is 0 Å². The molecule has 0 amide bonds. The van der Waals surface area contributed by atoms with E-state index in [0.29, 0.717) is 4.77 Å². The van der Waals surface area contributed by atoms with Gasteiger partial charge in [0.2, 0.25) is 4.77 Å². The van der Waals surface area contributed by atoms with Crippen molar-refractivity contribution in [1.29, 1.82) is 0 Å². The molecule has 2 aromatic heterocycles. The van der Waals surface area contributed by atoms with Gasteiger partial charge in [-0.05, 0) is 30.3 Å². The second kappa shape index (κ2) is 4.15. The van der Waals surface area contributed by atoms with Crippen molar-refractivity contribution >= 4 is 12.2 Å². The molecule has 0 spiro atoms. The lowest BCUT2D eigenvalue weighted by Gasteiger charge is -1.96. The molecule has 0 unspecified atom stereocenters. The predicted molar refractivity (Wildman–Crippen MR) is 55.4 cm³/mol. The first-order valence-electron chi connectivity index (χ1n) is 4.37. The van der Waals surface area contributed by atoms with Crippen LogP contribution in [0.5, 0.6) is 0 Å². The molecule has 0 aliphatic carbocycles. The van der Waals surface area contributed by atoms with E-state index in [-0.39, 0.29) is 0 Å². The minimum absolute atomic E-state index is 0.506. The molecule has 0 bridgehead atoms. The van der Waals surface area contributed by atoms with Gasteiger partial charge in [0.15, 0.2) is 0 Å². The Hall–Kier alpha value is -1.49. The van der Waals surface area contributed by atoms with E-state index >= 15 is 0 Å². The summed E-state index contributed by atoms with van der Waals surface area (Å²) in [5.74, 6) is 0.888. The number of nitrogens with zero attached hydrogens (tertiary/aromatic N) is 2. The lowest BCUT2D eigenvalue weighted by atomic mass is 10.1. The third-order valence-corrected chi connectivity index (χ3v) is 2.12. The lowest BCUT2D eigenvalue weighted by molar-refractivity contribution is 0.861. The molecule has 2 heterocycles. The molecule has 4 nitrogen and oxygen atoms in total. The summed E-state index contributed by atoms with van der Waals surface area (Å²) in [6, 6.07) is 3.98. The minimum Gasteiger partial charge on any atom is -0.286 e. The Bertz CT molecular complexity index is 445. The van der Waals surface area contributed by atoms with Gasteiger partial charge in [-0.3, -0.25) is 15.2 Å². The molecule has 0 saturated carbocycles. The molecule has 0 saturated heterocycles. The number of aryl methyl sites for hydroxylation is 2. The van der Waals surface area contributed by atoms with Gasteiger partial charge in [0.05, 0.1) is 0 Å². The molecular weight excluding hydrogens is 196 g/mol. The van der Waals surface area contributed by atoms with E-state index in [0.717, 1.165) is 18.7 Å². The highest BCUT2D eigenvalue weighted by atomic mass is 32.1. The van der Waals surface area contributed by atoms with Crippen LogP contribution in [0.25, 0.3) is 0 Å². The molecule has 14 heavy (non-hydrogen) atoms. The molecule has 5 heteroatoms.